The Morgan fingerprint density at radius 1 is 1.24 bits per heavy atom. The van der Waals surface area contributed by atoms with Crippen molar-refractivity contribution in [1.29, 1.82) is 0 Å². The van der Waals surface area contributed by atoms with Gasteiger partial charge in [-0.15, -0.1) is 0 Å². The van der Waals surface area contributed by atoms with Crippen LogP contribution in [0.5, 0.6) is 0 Å². The molecule has 0 aromatic heterocycles. The summed E-state index contributed by atoms with van der Waals surface area (Å²) < 4.78 is 60.8. The highest BCUT2D eigenvalue weighted by Crippen LogP contribution is 2.48. The van der Waals surface area contributed by atoms with Crippen LogP contribution in [0.1, 0.15) is 18.4 Å². The minimum Gasteiger partial charge on any atom is -0.481 e. The minimum absolute atomic E-state index is 0.336. The summed E-state index contributed by atoms with van der Waals surface area (Å²) >= 11 is 0. The van der Waals surface area contributed by atoms with Gasteiger partial charge in [0.05, 0.1) is 10.3 Å². The van der Waals surface area contributed by atoms with Crippen LogP contribution < -0.4 is 4.72 Å². The molecule has 1 aromatic carbocycles. The van der Waals surface area contributed by atoms with E-state index >= 15 is 0 Å². The maximum Gasteiger partial charge on any atom is 0.402 e. The Morgan fingerprint density at radius 2 is 1.76 bits per heavy atom. The van der Waals surface area contributed by atoms with Crippen LogP contribution in [-0.2, 0) is 20.2 Å². The van der Waals surface area contributed by atoms with Crippen molar-refractivity contribution in [3.05, 3.63) is 29.8 Å². The van der Waals surface area contributed by atoms with Crippen LogP contribution in [-0.4, -0.2) is 32.2 Å². The van der Waals surface area contributed by atoms with Crippen molar-refractivity contribution in [3.8, 4) is 0 Å². The number of carbonyl (C=O) groups is 1. The van der Waals surface area contributed by atoms with Gasteiger partial charge in [0.1, 0.15) is 6.54 Å². The van der Waals surface area contributed by atoms with E-state index in [9.17, 15) is 26.4 Å². The SMILES string of the molecule is O=C(O)C1(c2ccc(S(=O)(=O)NCC(F)(F)F)cc2)CC1. The van der Waals surface area contributed by atoms with Crippen molar-refractivity contribution < 1.29 is 31.5 Å². The molecule has 9 heteroatoms. The predicted octanol–water partition coefficient (Wildman–Crippen LogP) is 1.64. The number of carboxylic acids is 1. The van der Waals surface area contributed by atoms with E-state index in [4.69, 9.17) is 5.11 Å². The van der Waals surface area contributed by atoms with Crippen molar-refractivity contribution in [2.24, 2.45) is 0 Å². The first kappa shape index (κ1) is 15.8. The van der Waals surface area contributed by atoms with Crippen molar-refractivity contribution in [2.75, 3.05) is 6.54 Å². The quantitative estimate of drug-likeness (QED) is 0.863. The standard InChI is InChI=1S/C12H12F3NO4S/c13-12(14,15)7-16-21(19,20)9-3-1-8(2-4-9)11(5-6-11)10(17)18/h1-4,16H,5-7H2,(H,17,18). The summed E-state index contributed by atoms with van der Waals surface area (Å²) in [5.41, 5.74) is -0.536. The number of alkyl halides is 3. The van der Waals surface area contributed by atoms with Gasteiger partial charge in [-0.2, -0.15) is 13.2 Å². The van der Waals surface area contributed by atoms with Gasteiger partial charge in [-0.05, 0) is 30.5 Å². The number of benzene rings is 1. The third-order valence-corrected chi connectivity index (χ3v) is 4.76. The predicted molar refractivity (Wildman–Crippen MR) is 66.2 cm³/mol. The number of hydrogen-bond acceptors (Lipinski definition) is 3. The number of sulfonamides is 1. The summed E-state index contributed by atoms with van der Waals surface area (Å²) in [5.74, 6) is -0.992. The van der Waals surface area contributed by atoms with Gasteiger partial charge in [0, 0.05) is 0 Å². The fraction of sp³-hybridized carbons (Fsp3) is 0.417. The molecule has 116 valence electrons. The van der Waals surface area contributed by atoms with Gasteiger partial charge in [-0.3, -0.25) is 4.79 Å². The number of halogens is 3. The maximum absolute atomic E-state index is 12.0. The molecule has 0 spiro atoms. The first-order chi connectivity index (χ1) is 9.57. The number of aliphatic carboxylic acids is 1. The average Bonchev–Trinajstić information content (AvgIpc) is 3.17. The van der Waals surface area contributed by atoms with Crippen LogP contribution >= 0.6 is 0 Å². The lowest BCUT2D eigenvalue weighted by atomic mass is 9.96. The highest BCUT2D eigenvalue weighted by atomic mass is 32.2. The smallest absolute Gasteiger partial charge is 0.402 e. The van der Waals surface area contributed by atoms with E-state index in [-0.39, 0.29) is 4.90 Å². The molecule has 2 rings (SSSR count). The molecule has 1 fully saturated rings. The Kier molecular flexibility index (Phi) is 3.75. The second-order valence-electron chi connectivity index (χ2n) is 4.85. The number of carboxylic acid groups (broad SMARTS) is 1. The second kappa shape index (κ2) is 4.99. The maximum atomic E-state index is 12.0. The molecule has 0 heterocycles. The molecule has 0 atom stereocenters. The Balaban J connectivity index is 2.17. The molecule has 2 N–H and O–H groups in total. The summed E-state index contributed by atoms with van der Waals surface area (Å²) in [7, 11) is -4.27. The van der Waals surface area contributed by atoms with E-state index in [2.05, 4.69) is 0 Å². The van der Waals surface area contributed by atoms with Crippen LogP contribution in [0.2, 0.25) is 0 Å². The van der Waals surface area contributed by atoms with Crippen LogP contribution in [0.3, 0.4) is 0 Å². The van der Waals surface area contributed by atoms with Crippen molar-refractivity contribution in [2.45, 2.75) is 29.3 Å². The van der Waals surface area contributed by atoms with Gasteiger partial charge in [0.25, 0.3) is 0 Å². The minimum atomic E-state index is -4.64. The van der Waals surface area contributed by atoms with Crippen LogP contribution in [0.4, 0.5) is 13.2 Å². The Hall–Kier alpha value is -1.61. The monoisotopic (exact) mass is 323 g/mol. The molecule has 0 radical (unpaired) electrons. The first-order valence-electron chi connectivity index (χ1n) is 5.97. The lowest BCUT2D eigenvalue weighted by Gasteiger charge is -2.12. The third-order valence-electron chi connectivity index (χ3n) is 3.34. The number of hydrogen-bond donors (Lipinski definition) is 2. The molecule has 5 nitrogen and oxygen atoms in total. The fourth-order valence-electron chi connectivity index (χ4n) is 1.96. The first-order valence-corrected chi connectivity index (χ1v) is 7.46. The lowest BCUT2D eigenvalue weighted by molar-refractivity contribution is -0.140. The van der Waals surface area contributed by atoms with E-state index in [1.165, 1.54) is 16.9 Å². The summed E-state index contributed by atoms with van der Waals surface area (Å²) in [5, 5.41) is 9.10. The van der Waals surface area contributed by atoms with E-state index in [0.29, 0.717) is 18.4 Å². The number of rotatable bonds is 5. The summed E-state index contributed by atoms with van der Waals surface area (Å²) in [6.07, 6.45) is -3.73. The largest absolute Gasteiger partial charge is 0.481 e. The number of nitrogens with one attached hydrogen (secondary N) is 1. The molecule has 0 amide bonds. The van der Waals surface area contributed by atoms with E-state index in [1.807, 2.05) is 0 Å². The molecule has 0 saturated heterocycles. The van der Waals surface area contributed by atoms with Crippen LogP contribution in [0.15, 0.2) is 29.2 Å². The molecule has 0 unspecified atom stereocenters. The van der Waals surface area contributed by atoms with Gasteiger partial charge in [0.2, 0.25) is 10.0 Å². The van der Waals surface area contributed by atoms with Crippen molar-refractivity contribution >= 4 is 16.0 Å². The van der Waals surface area contributed by atoms with E-state index < -0.39 is 34.1 Å². The molecule has 1 aromatic rings. The highest BCUT2D eigenvalue weighted by Gasteiger charge is 2.51. The normalized spacial score (nSPS) is 17.5. The molecular weight excluding hydrogens is 311 g/mol. The summed E-state index contributed by atoms with van der Waals surface area (Å²) in [4.78, 5) is 10.8. The van der Waals surface area contributed by atoms with Crippen molar-refractivity contribution in [3.63, 3.8) is 0 Å². The van der Waals surface area contributed by atoms with Gasteiger partial charge in [0.15, 0.2) is 0 Å². The summed E-state index contributed by atoms with van der Waals surface area (Å²) in [6.45, 7) is -1.66. The van der Waals surface area contributed by atoms with Gasteiger partial charge in [-0.25, -0.2) is 13.1 Å². The average molecular weight is 323 g/mol. The molecule has 1 saturated carbocycles. The lowest BCUT2D eigenvalue weighted by Crippen LogP contribution is -2.33. The van der Waals surface area contributed by atoms with Gasteiger partial charge in [-0.1, -0.05) is 12.1 Å². The van der Waals surface area contributed by atoms with Crippen molar-refractivity contribution in [1.82, 2.24) is 4.72 Å². The zero-order chi connectivity index (χ0) is 15.9. The Morgan fingerprint density at radius 3 is 2.14 bits per heavy atom. The highest BCUT2D eigenvalue weighted by molar-refractivity contribution is 7.89. The molecule has 1 aliphatic rings. The zero-order valence-corrected chi connectivity index (χ0v) is 11.5. The van der Waals surface area contributed by atoms with Crippen LogP contribution in [0, 0.1) is 0 Å². The van der Waals surface area contributed by atoms with E-state index in [0.717, 1.165) is 12.1 Å². The van der Waals surface area contributed by atoms with Gasteiger partial charge >= 0.3 is 12.1 Å². The molecule has 0 aliphatic heterocycles. The van der Waals surface area contributed by atoms with Crippen LogP contribution in [0.25, 0.3) is 0 Å². The van der Waals surface area contributed by atoms with E-state index in [1.54, 1.807) is 0 Å². The second-order valence-corrected chi connectivity index (χ2v) is 6.62. The Labute approximate surface area is 118 Å². The molecule has 1 aliphatic carbocycles. The zero-order valence-electron chi connectivity index (χ0n) is 10.6. The topological polar surface area (TPSA) is 83.5 Å². The molecular formula is C12H12F3NO4S. The molecule has 21 heavy (non-hydrogen) atoms. The third kappa shape index (κ3) is 3.35. The molecule has 0 bridgehead atoms. The van der Waals surface area contributed by atoms with Gasteiger partial charge < -0.3 is 5.11 Å². The fourth-order valence-corrected chi connectivity index (χ4v) is 2.98. The Bertz CT molecular complexity index is 648. The summed E-state index contributed by atoms with van der Waals surface area (Å²) in [6, 6.07) is 4.86.